The fourth-order valence-corrected chi connectivity index (χ4v) is 4.59. The van der Waals surface area contributed by atoms with Crippen LogP contribution < -0.4 is 5.32 Å². The molecule has 1 N–H and O–H groups in total. The van der Waals surface area contributed by atoms with E-state index < -0.39 is 5.54 Å². The van der Waals surface area contributed by atoms with E-state index in [1.807, 2.05) is 18.7 Å². The Kier molecular flexibility index (Phi) is 5.79. The first kappa shape index (κ1) is 20.1. The Bertz CT molecular complexity index is 588. The molecule has 0 radical (unpaired) electrons. The van der Waals surface area contributed by atoms with Crippen LogP contribution in [0.1, 0.15) is 59.8 Å². The van der Waals surface area contributed by atoms with E-state index in [1.165, 1.54) is 4.90 Å². The summed E-state index contributed by atoms with van der Waals surface area (Å²) in [4.78, 5) is 43.8. The molecule has 0 aliphatic carbocycles. The molecule has 3 fully saturated rings. The lowest BCUT2D eigenvalue weighted by Gasteiger charge is -2.40. The van der Waals surface area contributed by atoms with Crippen LogP contribution in [0.5, 0.6) is 0 Å². The van der Waals surface area contributed by atoms with Crippen LogP contribution in [0.4, 0.5) is 4.79 Å². The van der Waals surface area contributed by atoms with Crippen LogP contribution in [0.15, 0.2) is 0 Å². The molecule has 3 aliphatic rings. The van der Waals surface area contributed by atoms with Crippen molar-refractivity contribution in [3.63, 3.8) is 0 Å². The second kappa shape index (κ2) is 7.78. The van der Waals surface area contributed by atoms with Crippen LogP contribution >= 0.6 is 0 Å². The molecule has 0 aromatic rings. The molecule has 152 valence electrons. The van der Waals surface area contributed by atoms with Crippen LogP contribution in [0.2, 0.25) is 0 Å². The molecule has 0 unspecified atom stereocenters. The van der Waals surface area contributed by atoms with Crippen LogP contribution in [0.3, 0.4) is 0 Å². The van der Waals surface area contributed by atoms with Crippen molar-refractivity contribution in [2.75, 3.05) is 26.2 Å². The second-order valence-corrected chi connectivity index (χ2v) is 9.03. The molecule has 3 rings (SSSR count). The number of urea groups is 1. The molecule has 4 amide bonds. The van der Waals surface area contributed by atoms with Gasteiger partial charge in [-0.2, -0.15) is 0 Å². The van der Waals surface area contributed by atoms with Gasteiger partial charge in [0.05, 0.1) is 0 Å². The third kappa shape index (κ3) is 3.98. The zero-order chi connectivity index (χ0) is 19.8. The largest absolute Gasteiger partial charge is 0.343 e. The summed E-state index contributed by atoms with van der Waals surface area (Å²) in [6.45, 7) is 11.3. The van der Waals surface area contributed by atoms with E-state index in [9.17, 15) is 14.4 Å². The number of amides is 4. The van der Waals surface area contributed by atoms with E-state index >= 15 is 0 Å². The molecule has 3 saturated heterocycles. The van der Waals surface area contributed by atoms with E-state index in [1.54, 1.807) is 0 Å². The number of piperidine rings is 2. The number of carbonyl (C=O) groups excluding carboxylic acids is 3. The molecule has 0 bridgehead atoms. The van der Waals surface area contributed by atoms with Gasteiger partial charge >= 0.3 is 6.03 Å². The van der Waals surface area contributed by atoms with Gasteiger partial charge in [0.25, 0.3) is 5.91 Å². The maximum Gasteiger partial charge on any atom is 0.325 e. The molecule has 7 heteroatoms. The summed E-state index contributed by atoms with van der Waals surface area (Å²) in [5.41, 5.74) is -0.715. The molecule has 3 aliphatic heterocycles. The standard InChI is InChI=1S/C20H34N4O3/c1-14(2)13-17(25)23-9-5-16(6-10-23)24-18(26)20(21-19(24)27)7-11-22(12-8-20)15(3)4/h14-16H,5-13H2,1-4H3,(H,21,27). The Morgan fingerprint density at radius 3 is 2.19 bits per heavy atom. The zero-order valence-corrected chi connectivity index (χ0v) is 17.2. The number of carbonyl (C=O) groups is 3. The Morgan fingerprint density at radius 1 is 1.07 bits per heavy atom. The highest BCUT2D eigenvalue weighted by molar-refractivity contribution is 6.07. The molecule has 0 aromatic carbocycles. The van der Waals surface area contributed by atoms with Crippen molar-refractivity contribution in [1.29, 1.82) is 0 Å². The van der Waals surface area contributed by atoms with Gasteiger partial charge in [0.2, 0.25) is 5.91 Å². The van der Waals surface area contributed by atoms with Gasteiger partial charge in [-0.05, 0) is 45.4 Å². The third-order valence-corrected chi connectivity index (χ3v) is 6.34. The fraction of sp³-hybridized carbons (Fsp3) is 0.850. The Labute approximate surface area is 162 Å². The summed E-state index contributed by atoms with van der Waals surface area (Å²) < 4.78 is 0. The summed E-state index contributed by atoms with van der Waals surface area (Å²) in [5, 5.41) is 3.02. The lowest BCUT2D eigenvalue weighted by atomic mass is 9.86. The molecule has 27 heavy (non-hydrogen) atoms. The summed E-state index contributed by atoms with van der Waals surface area (Å²) in [7, 11) is 0. The lowest BCUT2D eigenvalue weighted by Crippen LogP contribution is -2.56. The molecule has 1 spiro atoms. The van der Waals surface area contributed by atoms with E-state index in [4.69, 9.17) is 0 Å². The first-order chi connectivity index (χ1) is 12.7. The van der Waals surface area contributed by atoms with Crippen LogP contribution in [-0.2, 0) is 9.59 Å². The third-order valence-electron chi connectivity index (χ3n) is 6.34. The minimum Gasteiger partial charge on any atom is -0.343 e. The van der Waals surface area contributed by atoms with Crippen LogP contribution in [-0.4, -0.2) is 76.3 Å². The molecule has 0 atom stereocenters. The van der Waals surface area contributed by atoms with Gasteiger partial charge in [-0.3, -0.25) is 14.5 Å². The molecular formula is C20H34N4O3. The van der Waals surface area contributed by atoms with Crippen LogP contribution in [0.25, 0.3) is 0 Å². The Hall–Kier alpha value is -1.63. The van der Waals surface area contributed by atoms with Crippen molar-refractivity contribution < 1.29 is 14.4 Å². The number of hydrogen-bond acceptors (Lipinski definition) is 4. The van der Waals surface area contributed by atoms with E-state index in [2.05, 4.69) is 24.1 Å². The number of nitrogens with zero attached hydrogens (tertiary/aromatic N) is 3. The predicted octanol–water partition coefficient (Wildman–Crippen LogP) is 1.82. The van der Waals surface area contributed by atoms with Crippen molar-refractivity contribution >= 4 is 17.8 Å². The van der Waals surface area contributed by atoms with E-state index in [0.29, 0.717) is 57.2 Å². The first-order valence-electron chi connectivity index (χ1n) is 10.4. The Morgan fingerprint density at radius 2 is 1.67 bits per heavy atom. The zero-order valence-electron chi connectivity index (χ0n) is 17.2. The number of imide groups is 1. The minimum atomic E-state index is -0.715. The van der Waals surface area contributed by atoms with Crippen molar-refractivity contribution in [2.24, 2.45) is 5.92 Å². The first-order valence-corrected chi connectivity index (χ1v) is 10.4. The highest BCUT2D eigenvalue weighted by atomic mass is 16.2. The topological polar surface area (TPSA) is 73.0 Å². The molecule has 0 aromatic heterocycles. The van der Waals surface area contributed by atoms with E-state index in [-0.39, 0.29) is 23.9 Å². The van der Waals surface area contributed by atoms with Crippen molar-refractivity contribution in [1.82, 2.24) is 20.0 Å². The van der Waals surface area contributed by atoms with E-state index in [0.717, 1.165) is 13.1 Å². The minimum absolute atomic E-state index is 0.0529. The fourth-order valence-electron chi connectivity index (χ4n) is 4.59. The van der Waals surface area contributed by atoms with Gasteiger partial charge in [-0.15, -0.1) is 0 Å². The maximum atomic E-state index is 13.2. The molecule has 3 heterocycles. The number of hydrogen-bond donors (Lipinski definition) is 1. The SMILES string of the molecule is CC(C)CC(=O)N1CCC(N2C(=O)NC3(CCN(C(C)C)CC3)C2=O)CC1. The van der Waals surface area contributed by atoms with Gasteiger partial charge in [-0.1, -0.05) is 13.8 Å². The second-order valence-electron chi connectivity index (χ2n) is 9.03. The average molecular weight is 379 g/mol. The quantitative estimate of drug-likeness (QED) is 0.758. The molecular weight excluding hydrogens is 344 g/mol. The number of likely N-dealkylation sites (tertiary alicyclic amines) is 2. The maximum absolute atomic E-state index is 13.2. The van der Waals surface area contributed by atoms with Crippen LogP contribution in [0, 0.1) is 5.92 Å². The van der Waals surface area contributed by atoms with Gasteiger partial charge in [0, 0.05) is 44.7 Å². The normalized spacial score (nSPS) is 24.4. The highest BCUT2D eigenvalue weighted by Crippen LogP contribution is 2.33. The smallest absolute Gasteiger partial charge is 0.325 e. The van der Waals surface area contributed by atoms with Crippen molar-refractivity contribution in [2.45, 2.75) is 77.4 Å². The summed E-state index contributed by atoms with van der Waals surface area (Å²) in [5.74, 6) is 0.471. The van der Waals surface area contributed by atoms with Crippen molar-refractivity contribution in [3.8, 4) is 0 Å². The molecule has 0 saturated carbocycles. The number of rotatable bonds is 4. The van der Waals surface area contributed by atoms with Gasteiger partial charge in [-0.25, -0.2) is 4.79 Å². The summed E-state index contributed by atoms with van der Waals surface area (Å²) in [6, 6.07) is 0.117. The summed E-state index contributed by atoms with van der Waals surface area (Å²) >= 11 is 0. The van der Waals surface area contributed by atoms with Gasteiger partial charge < -0.3 is 15.1 Å². The highest BCUT2D eigenvalue weighted by Gasteiger charge is 2.54. The summed E-state index contributed by atoms with van der Waals surface area (Å²) in [6.07, 6.45) is 3.27. The predicted molar refractivity (Wildman–Crippen MR) is 103 cm³/mol. The molecule has 7 nitrogen and oxygen atoms in total. The van der Waals surface area contributed by atoms with Gasteiger partial charge in [0.15, 0.2) is 0 Å². The monoisotopic (exact) mass is 378 g/mol. The Balaban J connectivity index is 1.60. The number of nitrogens with one attached hydrogen (secondary N) is 1. The lowest BCUT2D eigenvalue weighted by molar-refractivity contribution is -0.136. The van der Waals surface area contributed by atoms with Crippen molar-refractivity contribution in [3.05, 3.63) is 0 Å². The van der Waals surface area contributed by atoms with Gasteiger partial charge in [0.1, 0.15) is 5.54 Å². The average Bonchev–Trinajstić information content (AvgIpc) is 2.85.